The van der Waals surface area contributed by atoms with Crippen LogP contribution in [0.1, 0.15) is 18.9 Å². The standard InChI is InChI=1S/C15H24N2O/c1-12(17(2)14-10-16-11-14)4-5-13-6-8-15(18-3)9-7-13/h6-9,12,14,16H,4-5,10-11H2,1-3H3. The lowest BCUT2D eigenvalue weighted by molar-refractivity contribution is 0.131. The minimum atomic E-state index is 0.638. The molecule has 1 aliphatic rings. The summed E-state index contributed by atoms with van der Waals surface area (Å²) >= 11 is 0. The fraction of sp³-hybridized carbons (Fsp3) is 0.600. The third kappa shape index (κ3) is 3.24. The normalized spacial score (nSPS) is 17.6. The van der Waals surface area contributed by atoms with Crippen molar-refractivity contribution in [1.29, 1.82) is 0 Å². The van der Waals surface area contributed by atoms with Gasteiger partial charge in [0.15, 0.2) is 0 Å². The largest absolute Gasteiger partial charge is 0.497 e. The summed E-state index contributed by atoms with van der Waals surface area (Å²) < 4.78 is 5.17. The van der Waals surface area contributed by atoms with E-state index in [0.717, 1.165) is 31.3 Å². The van der Waals surface area contributed by atoms with Crippen molar-refractivity contribution in [3.63, 3.8) is 0 Å². The van der Waals surface area contributed by atoms with Gasteiger partial charge in [-0.2, -0.15) is 0 Å². The second-order valence-electron chi connectivity index (χ2n) is 5.21. The van der Waals surface area contributed by atoms with E-state index in [1.807, 2.05) is 12.1 Å². The molecular formula is C15H24N2O. The van der Waals surface area contributed by atoms with Crippen LogP contribution >= 0.6 is 0 Å². The van der Waals surface area contributed by atoms with E-state index in [1.54, 1.807) is 7.11 Å². The van der Waals surface area contributed by atoms with Crippen molar-refractivity contribution in [3.8, 4) is 5.75 Å². The highest BCUT2D eigenvalue weighted by molar-refractivity contribution is 5.27. The zero-order chi connectivity index (χ0) is 13.0. The number of aryl methyl sites for hydroxylation is 1. The zero-order valence-corrected chi connectivity index (χ0v) is 11.6. The highest BCUT2D eigenvalue weighted by atomic mass is 16.5. The highest BCUT2D eigenvalue weighted by Gasteiger charge is 2.24. The highest BCUT2D eigenvalue weighted by Crippen LogP contribution is 2.16. The molecule has 1 aliphatic heterocycles. The van der Waals surface area contributed by atoms with Crippen molar-refractivity contribution in [2.75, 3.05) is 27.2 Å². The number of benzene rings is 1. The average molecular weight is 248 g/mol. The van der Waals surface area contributed by atoms with Crippen LogP contribution in [-0.4, -0.2) is 44.2 Å². The van der Waals surface area contributed by atoms with Gasteiger partial charge in [0.2, 0.25) is 0 Å². The molecule has 1 unspecified atom stereocenters. The van der Waals surface area contributed by atoms with E-state index in [-0.39, 0.29) is 0 Å². The van der Waals surface area contributed by atoms with Gasteiger partial charge in [0.25, 0.3) is 0 Å². The predicted molar refractivity (Wildman–Crippen MR) is 75.2 cm³/mol. The number of nitrogens with zero attached hydrogens (tertiary/aromatic N) is 1. The van der Waals surface area contributed by atoms with Gasteiger partial charge in [0, 0.05) is 25.2 Å². The van der Waals surface area contributed by atoms with E-state index >= 15 is 0 Å². The van der Waals surface area contributed by atoms with Crippen LogP contribution in [0.15, 0.2) is 24.3 Å². The van der Waals surface area contributed by atoms with E-state index in [2.05, 4.69) is 36.3 Å². The molecule has 0 radical (unpaired) electrons. The van der Waals surface area contributed by atoms with Gasteiger partial charge in [-0.25, -0.2) is 0 Å². The maximum Gasteiger partial charge on any atom is 0.118 e. The maximum atomic E-state index is 5.17. The molecule has 3 nitrogen and oxygen atoms in total. The molecule has 0 aromatic heterocycles. The molecule has 1 saturated heterocycles. The molecule has 3 heteroatoms. The summed E-state index contributed by atoms with van der Waals surface area (Å²) in [4.78, 5) is 2.50. The van der Waals surface area contributed by atoms with Crippen LogP contribution in [0, 0.1) is 0 Å². The molecule has 1 aromatic carbocycles. The van der Waals surface area contributed by atoms with Crippen molar-refractivity contribution in [2.45, 2.75) is 31.8 Å². The van der Waals surface area contributed by atoms with E-state index in [4.69, 9.17) is 4.74 Å². The molecule has 0 saturated carbocycles. The first-order valence-electron chi connectivity index (χ1n) is 6.76. The average Bonchev–Trinajstić information content (AvgIpc) is 2.34. The number of hydrogen-bond donors (Lipinski definition) is 1. The van der Waals surface area contributed by atoms with Crippen molar-refractivity contribution in [2.24, 2.45) is 0 Å². The van der Waals surface area contributed by atoms with Crippen LogP contribution in [0.25, 0.3) is 0 Å². The predicted octanol–water partition coefficient (Wildman–Crippen LogP) is 1.92. The Bertz CT molecular complexity index is 359. The number of rotatable bonds is 6. The molecule has 1 fully saturated rings. The minimum absolute atomic E-state index is 0.638. The molecule has 0 spiro atoms. The monoisotopic (exact) mass is 248 g/mol. The summed E-state index contributed by atoms with van der Waals surface area (Å²) in [6, 6.07) is 9.78. The van der Waals surface area contributed by atoms with Crippen molar-refractivity contribution >= 4 is 0 Å². The Hall–Kier alpha value is -1.06. The lowest BCUT2D eigenvalue weighted by Gasteiger charge is -2.39. The van der Waals surface area contributed by atoms with E-state index < -0.39 is 0 Å². The molecule has 0 amide bonds. The molecule has 0 aliphatic carbocycles. The quantitative estimate of drug-likeness (QED) is 0.832. The zero-order valence-electron chi connectivity index (χ0n) is 11.6. The summed E-state index contributed by atoms with van der Waals surface area (Å²) in [7, 11) is 3.95. The van der Waals surface area contributed by atoms with Crippen molar-refractivity contribution in [3.05, 3.63) is 29.8 Å². The van der Waals surface area contributed by atoms with Gasteiger partial charge >= 0.3 is 0 Å². The Morgan fingerprint density at radius 1 is 1.33 bits per heavy atom. The second kappa shape index (κ2) is 6.21. The summed E-state index contributed by atoms with van der Waals surface area (Å²) in [6.07, 6.45) is 2.34. The van der Waals surface area contributed by atoms with Crippen molar-refractivity contribution in [1.82, 2.24) is 10.2 Å². The fourth-order valence-electron chi connectivity index (χ4n) is 2.29. The lowest BCUT2D eigenvalue weighted by atomic mass is 10.0. The van der Waals surface area contributed by atoms with Gasteiger partial charge in [0.1, 0.15) is 5.75 Å². The van der Waals surface area contributed by atoms with Gasteiger partial charge < -0.3 is 10.1 Å². The Morgan fingerprint density at radius 3 is 2.50 bits per heavy atom. The van der Waals surface area contributed by atoms with Gasteiger partial charge in [-0.05, 0) is 44.5 Å². The van der Waals surface area contributed by atoms with Crippen LogP contribution < -0.4 is 10.1 Å². The minimum Gasteiger partial charge on any atom is -0.497 e. The first kappa shape index (κ1) is 13.4. The number of nitrogens with one attached hydrogen (secondary N) is 1. The van der Waals surface area contributed by atoms with Gasteiger partial charge in [0.05, 0.1) is 7.11 Å². The van der Waals surface area contributed by atoms with Crippen LogP contribution in [0.4, 0.5) is 0 Å². The van der Waals surface area contributed by atoms with Crippen molar-refractivity contribution < 1.29 is 4.74 Å². The third-order valence-electron chi connectivity index (χ3n) is 4.04. The second-order valence-corrected chi connectivity index (χ2v) is 5.21. The molecule has 2 rings (SSSR count). The summed E-state index contributed by atoms with van der Waals surface area (Å²) in [5.41, 5.74) is 1.39. The summed E-state index contributed by atoms with van der Waals surface area (Å²) in [5, 5.41) is 3.33. The van der Waals surface area contributed by atoms with Crippen LogP contribution in [0.2, 0.25) is 0 Å². The van der Waals surface area contributed by atoms with Gasteiger partial charge in [-0.1, -0.05) is 12.1 Å². The molecule has 1 atom stereocenters. The number of likely N-dealkylation sites (N-methyl/N-ethyl adjacent to an activating group) is 1. The SMILES string of the molecule is COc1ccc(CCC(C)N(C)C2CNC2)cc1. The van der Waals surface area contributed by atoms with E-state index in [1.165, 1.54) is 12.0 Å². The van der Waals surface area contributed by atoms with Gasteiger partial charge in [-0.3, -0.25) is 4.90 Å². The number of hydrogen-bond acceptors (Lipinski definition) is 3. The van der Waals surface area contributed by atoms with E-state index in [9.17, 15) is 0 Å². The molecule has 100 valence electrons. The van der Waals surface area contributed by atoms with E-state index in [0.29, 0.717) is 6.04 Å². The van der Waals surface area contributed by atoms with Crippen LogP contribution in [-0.2, 0) is 6.42 Å². The Kier molecular flexibility index (Phi) is 4.61. The Labute approximate surface area is 110 Å². The molecule has 1 aromatic rings. The summed E-state index contributed by atoms with van der Waals surface area (Å²) in [5.74, 6) is 0.935. The molecule has 1 heterocycles. The lowest BCUT2D eigenvalue weighted by Crippen LogP contribution is -2.58. The maximum absolute atomic E-state index is 5.17. The smallest absolute Gasteiger partial charge is 0.118 e. The fourth-order valence-corrected chi connectivity index (χ4v) is 2.29. The van der Waals surface area contributed by atoms with Gasteiger partial charge in [-0.15, -0.1) is 0 Å². The first-order valence-corrected chi connectivity index (χ1v) is 6.76. The Morgan fingerprint density at radius 2 is 2.00 bits per heavy atom. The first-order chi connectivity index (χ1) is 8.70. The molecular weight excluding hydrogens is 224 g/mol. The topological polar surface area (TPSA) is 24.5 Å². The number of ether oxygens (including phenoxy) is 1. The molecule has 18 heavy (non-hydrogen) atoms. The van der Waals surface area contributed by atoms with Crippen LogP contribution in [0.5, 0.6) is 5.75 Å². The summed E-state index contributed by atoms with van der Waals surface area (Å²) in [6.45, 7) is 4.61. The van der Waals surface area contributed by atoms with Crippen LogP contribution in [0.3, 0.4) is 0 Å². The Balaban J connectivity index is 1.78. The molecule has 0 bridgehead atoms. The number of methoxy groups -OCH3 is 1. The molecule has 1 N–H and O–H groups in total. The third-order valence-corrected chi connectivity index (χ3v) is 4.04.